The second-order valence-electron chi connectivity index (χ2n) is 4.38. The summed E-state index contributed by atoms with van der Waals surface area (Å²) in [5, 5.41) is 3.26. The Labute approximate surface area is 101 Å². The molecule has 1 rings (SSSR count). The van der Waals surface area contributed by atoms with Crippen LogP contribution in [0.4, 0.5) is 0 Å². The molecule has 16 heavy (non-hydrogen) atoms. The quantitative estimate of drug-likeness (QED) is 0.431. The summed E-state index contributed by atoms with van der Waals surface area (Å²) in [5.41, 5.74) is 5.78. The molecule has 4 nitrogen and oxygen atoms in total. The minimum Gasteiger partial charge on any atom is -0.370 e. The van der Waals surface area contributed by atoms with E-state index in [1.807, 2.05) is 0 Å². The number of rotatable bonds is 5. The smallest absolute Gasteiger partial charge is 0.188 e. The number of guanidine groups is 1. The minimum absolute atomic E-state index is 0.512. The zero-order valence-electron chi connectivity index (χ0n) is 10.1. The lowest BCUT2D eigenvalue weighted by Crippen LogP contribution is -2.41. The van der Waals surface area contributed by atoms with E-state index >= 15 is 0 Å². The average Bonchev–Trinajstić information content (AvgIpc) is 2.25. The van der Waals surface area contributed by atoms with Crippen molar-refractivity contribution < 1.29 is 4.21 Å². The van der Waals surface area contributed by atoms with Gasteiger partial charge in [0.15, 0.2) is 5.96 Å². The summed E-state index contributed by atoms with van der Waals surface area (Å²) in [6, 6.07) is 0.512. The molecule has 0 spiro atoms. The maximum Gasteiger partial charge on any atom is 0.188 e. The Morgan fingerprint density at radius 1 is 1.44 bits per heavy atom. The van der Waals surface area contributed by atoms with Crippen molar-refractivity contribution in [3.8, 4) is 0 Å². The van der Waals surface area contributed by atoms with Crippen LogP contribution in [0.2, 0.25) is 0 Å². The van der Waals surface area contributed by atoms with Gasteiger partial charge in [-0.2, -0.15) is 0 Å². The maximum absolute atomic E-state index is 10.8. The van der Waals surface area contributed by atoms with Crippen LogP contribution in [0, 0.1) is 0 Å². The second kappa shape index (κ2) is 7.65. The maximum atomic E-state index is 10.8. The first-order valence-electron chi connectivity index (χ1n) is 6.05. The van der Waals surface area contributed by atoms with Gasteiger partial charge >= 0.3 is 0 Å². The van der Waals surface area contributed by atoms with Gasteiger partial charge < -0.3 is 11.1 Å². The third-order valence-corrected chi connectivity index (χ3v) is 3.69. The van der Waals surface area contributed by atoms with Gasteiger partial charge in [-0.25, -0.2) is 0 Å². The SMILES string of the molecule is CS(=O)CCCN=C(N)NC1CCCCC1. The molecule has 1 unspecified atom stereocenters. The monoisotopic (exact) mass is 245 g/mol. The zero-order chi connectivity index (χ0) is 11.8. The lowest BCUT2D eigenvalue weighted by Gasteiger charge is -2.23. The van der Waals surface area contributed by atoms with Gasteiger partial charge in [0, 0.05) is 35.4 Å². The Bertz CT molecular complexity index is 250. The molecule has 0 radical (unpaired) electrons. The van der Waals surface area contributed by atoms with Crippen molar-refractivity contribution in [3.63, 3.8) is 0 Å². The summed E-state index contributed by atoms with van der Waals surface area (Å²) >= 11 is 0. The highest BCUT2D eigenvalue weighted by atomic mass is 32.2. The largest absolute Gasteiger partial charge is 0.370 e. The van der Waals surface area contributed by atoms with Gasteiger partial charge in [0.1, 0.15) is 0 Å². The van der Waals surface area contributed by atoms with Crippen LogP contribution in [0.3, 0.4) is 0 Å². The summed E-state index contributed by atoms with van der Waals surface area (Å²) in [4.78, 5) is 4.24. The van der Waals surface area contributed by atoms with Crippen molar-refractivity contribution in [2.24, 2.45) is 10.7 Å². The molecular weight excluding hydrogens is 222 g/mol. The summed E-state index contributed by atoms with van der Waals surface area (Å²) in [5.74, 6) is 1.26. The first kappa shape index (κ1) is 13.5. The average molecular weight is 245 g/mol. The Kier molecular flexibility index (Phi) is 6.45. The fourth-order valence-corrected chi connectivity index (χ4v) is 2.50. The second-order valence-corrected chi connectivity index (χ2v) is 5.93. The molecule has 0 saturated heterocycles. The van der Waals surface area contributed by atoms with E-state index in [0.29, 0.717) is 24.3 Å². The minimum atomic E-state index is -0.717. The summed E-state index contributed by atoms with van der Waals surface area (Å²) < 4.78 is 10.8. The topological polar surface area (TPSA) is 67.5 Å². The Balaban J connectivity index is 2.14. The van der Waals surface area contributed by atoms with Gasteiger partial charge in [0.25, 0.3) is 0 Å². The molecule has 0 aromatic carbocycles. The molecule has 5 heteroatoms. The number of hydrogen-bond donors (Lipinski definition) is 2. The Hall–Kier alpha value is -0.580. The van der Waals surface area contributed by atoms with Crippen LogP contribution >= 0.6 is 0 Å². The van der Waals surface area contributed by atoms with E-state index < -0.39 is 10.8 Å². The van der Waals surface area contributed by atoms with Crippen LogP contribution in [0.1, 0.15) is 38.5 Å². The van der Waals surface area contributed by atoms with E-state index in [0.717, 1.165) is 6.42 Å². The molecule has 0 aliphatic heterocycles. The molecule has 0 amide bonds. The molecule has 1 aliphatic carbocycles. The number of nitrogens with one attached hydrogen (secondary N) is 1. The summed E-state index contributed by atoms with van der Waals surface area (Å²) in [7, 11) is -0.717. The van der Waals surface area contributed by atoms with Crippen molar-refractivity contribution in [1.82, 2.24) is 5.32 Å². The molecule has 0 bridgehead atoms. The molecule has 0 heterocycles. The zero-order valence-corrected chi connectivity index (χ0v) is 10.9. The molecule has 0 aromatic heterocycles. The molecule has 0 aromatic rings. The van der Waals surface area contributed by atoms with E-state index in [1.165, 1.54) is 32.1 Å². The van der Waals surface area contributed by atoms with E-state index in [1.54, 1.807) is 6.26 Å². The Morgan fingerprint density at radius 2 is 2.12 bits per heavy atom. The molecule has 1 atom stereocenters. The van der Waals surface area contributed by atoms with Gasteiger partial charge in [-0.05, 0) is 19.3 Å². The number of nitrogens with two attached hydrogens (primary N) is 1. The van der Waals surface area contributed by atoms with Crippen LogP contribution in [0.15, 0.2) is 4.99 Å². The van der Waals surface area contributed by atoms with Crippen LogP contribution in [-0.2, 0) is 10.8 Å². The van der Waals surface area contributed by atoms with Gasteiger partial charge in [0.05, 0.1) is 0 Å². The predicted octanol–water partition coefficient (Wildman–Crippen LogP) is 0.992. The van der Waals surface area contributed by atoms with Gasteiger partial charge in [-0.1, -0.05) is 19.3 Å². The third kappa shape index (κ3) is 6.10. The van der Waals surface area contributed by atoms with Crippen LogP contribution < -0.4 is 11.1 Å². The molecule has 94 valence electrons. The molecule has 3 N–H and O–H groups in total. The molecule has 1 fully saturated rings. The summed E-state index contributed by atoms with van der Waals surface area (Å²) in [6.07, 6.45) is 8.89. The fraction of sp³-hybridized carbons (Fsp3) is 0.909. The summed E-state index contributed by atoms with van der Waals surface area (Å²) in [6.45, 7) is 0.672. The molecule has 1 aliphatic rings. The molecular formula is C11H23N3OS. The van der Waals surface area contributed by atoms with Gasteiger partial charge in [-0.3, -0.25) is 9.20 Å². The lowest BCUT2D eigenvalue weighted by atomic mass is 9.96. The fourth-order valence-electron chi connectivity index (χ4n) is 1.97. The first-order valence-corrected chi connectivity index (χ1v) is 7.77. The highest BCUT2D eigenvalue weighted by molar-refractivity contribution is 7.84. The van der Waals surface area contributed by atoms with Crippen molar-refractivity contribution in [2.75, 3.05) is 18.6 Å². The van der Waals surface area contributed by atoms with Crippen LogP contribution in [-0.4, -0.2) is 34.8 Å². The number of aliphatic imine (C=N–C) groups is 1. The van der Waals surface area contributed by atoms with Crippen LogP contribution in [0.5, 0.6) is 0 Å². The highest BCUT2D eigenvalue weighted by Crippen LogP contribution is 2.16. The Morgan fingerprint density at radius 3 is 2.75 bits per heavy atom. The predicted molar refractivity (Wildman–Crippen MR) is 70.0 cm³/mol. The lowest BCUT2D eigenvalue weighted by molar-refractivity contribution is 0.412. The normalized spacial score (nSPS) is 20.7. The van der Waals surface area contributed by atoms with Gasteiger partial charge in [0.2, 0.25) is 0 Å². The van der Waals surface area contributed by atoms with E-state index in [-0.39, 0.29) is 0 Å². The van der Waals surface area contributed by atoms with Crippen molar-refractivity contribution in [2.45, 2.75) is 44.6 Å². The standard InChI is InChI=1S/C11H23N3OS/c1-16(15)9-5-8-13-11(12)14-10-6-3-2-4-7-10/h10H,2-9H2,1H3,(H3,12,13,14). The molecule has 1 saturated carbocycles. The van der Waals surface area contributed by atoms with Crippen molar-refractivity contribution >= 4 is 16.8 Å². The van der Waals surface area contributed by atoms with Crippen molar-refractivity contribution in [1.29, 1.82) is 0 Å². The van der Waals surface area contributed by atoms with Crippen LogP contribution in [0.25, 0.3) is 0 Å². The van der Waals surface area contributed by atoms with E-state index in [4.69, 9.17) is 5.73 Å². The number of hydrogen-bond acceptors (Lipinski definition) is 2. The third-order valence-electron chi connectivity index (χ3n) is 2.83. The van der Waals surface area contributed by atoms with Gasteiger partial charge in [-0.15, -0.1) is 0 Å². The van der Waals surface area contributed by atoms with E-state index in [2.05, 4.69) is 10.3 Å². The first-order chi connectivity index (χ1) is 7.68. The number of nitrogens with zero attached hydrogens (tertiary/aromatic N) is 1. The highest BCUT2D eigenvalue weighted by Gasteiger charge is 2.12. The van der Waals surface area contributed by atoms with Crippen molar-refractivity contribution in [3.05, 3.63) is 0 Å². The van der Waals surface area contributed by atoms with E-state index in [9.17, 15) is 4.21 Å².